The van der Waals surface area contributed by atoms with Gasteiger partial charge in [-0.1, -0.05) is 12.1 Å². The van der Waals surface area contributed by atoms with E-state index in [4.69, 9.17) is 25.7 Å². The van der Waals surface area contributed by atoms with E-state index in [0.29, 0.717) is 16.9 Å². The van der Waals surface area contributed by atoms with Gasteiger partial charge in [-0.15, -0.1) is 0 Å². The Morgan fingerprint density at radius 2 is 1.62 bits per heavy atom. The van der Waals surface area contributed by atoms with Gasteiger partial charge >= 0.3 is 18.0 Å². The maximum absolute atomic E-state index is 14.6. The monoisotopic (exact) mass is 544 g/mol. The van der Waals surface area contributed by atoms with Crippen LogP contribution in [0.1, 0.15) is 33.5 Å². The van der Waals surface area contributed by atoms with Gasteiger partial charge in [-0.2, -0.15) is 8.78 Å². The van der Waals surface area contributed by atoms with E-state index in [-0.39, 0.29) is 54.3 Å². The third-order valence-electron chi connectivity index (χ3n) is 5.41. The molecule has 0 aliphatic carbocycles. The molecule has 5 N–H and O–H groups in total. The lowest BCUT2D eigenvalue weighted by molar-refractivity contribution is -0.185. The molecule has 0 heterocycles. The van der Waals surface area contributed by atoms with Crippen LogP contribution in [0.25, 0.3) is 6.08 Å². The molecular formula is C28H27F3N2O6. The Morgan fingerprint density at radius 3 is 2.26 bits per heavy atom. The number of rotatable bonds is 13. The molecule has 0 saturated heterocycles. The lowest BCUT2D eigenvalue weighted by Crippen LogP contribution is -2.21. The van der Waals surface area contributed by atoms with Crippen LogP contribution in [0.4, 0.5) is 24.5 Å². The van der Waals surface area contributed by atoms with Crippen molar-refractivity contribution in [1.29, 1.82) is 0 Å². The smallest absolute Gasteiger partial charge is 0.426 e. The number of carbonyl (C=O) groups excluding carboxylic acids is 1. The molecule has 0 atom stereocenters. The zero-order chi connectivity index (χ0) is 28.4. The first-order valence-corrected chi connectivity index (χ1v) is 11.8. The van der Waals surface area contributed by atoms with Crippen LogP contribution < -0.4 is 20.9 Å². The number of hydrogen-bond acceptors (Lipinski definition) is 7. The molecule has 39 heavy (non-hydrogen) atoms. The first-order chi connectivity index (χ1) is 18.6. The van der Waals surface area contributed by atoms with Crippen LogP contribution in [0.2, 0.25) is 0 Å². The second-order valence-corrected chi connectivity index (χ2v) is 8.30. The van der Waals surface area contributed by atoms with E-state index >= 15 is 0 Å². The Kier molecular flexibility index (Phi) is 9.80. The summed E-state index contributed by atoms with van der Waals surface area (Å²) in [5, 5.41) is 9.32. The summed E-state index contributed by atoms with van der Waals surface area (Å²) in [6, 6.07) is 13.3. The second-order valence-electron chi connectivity index (χ2n) is 8.30. The summed E-state index contributed by atoms with van der Waals surface area (Å²) in [4.78, 5) is 23.5. The zero-order valence-corrected chi connectivity index (χ0v) is 20.7. The molecule has 0 fully saturated rings. The molecule has 0 aliphatic rings. The van der Waals surface area contributed by atoms with Crippen LogP contribution in [0.5, 0.6) is 11.5 Å². The predicted octanol–water partition coefficient (Wildman–Crippen LogP) is 5.22. The molecule has 0 saturated carbocycles. The molecular weight excluding hydrogens is 517 g/mol. The van der Waals surface area contributed by atoms with Crippen LogP contribution >= 0.6 is 0 Å². The minimum atomic E-state index is -3.62. The summed E-state index contributed by atoms with van der Waals surface area (Å²) in [5.41, 5.74) is 12.2. The number of carbonyl (C=O) groups is 2. The molecule has 11 heteroatoms. The highest BCUT2D eigenvalue weighted by Crippen LogP contribution is 2.32. The second kappa shape index (κ2) is 13.2. The van der Waals surface area contributed by atoms with Crippen LogP contribution in [-0.4, -0.2) is 36.9 Å². The Hall–Kier alpha value is -4.67. The Balaban J connectivity index is 1.52. The Bertz CT molecular complexity index is 1310. The molecule has 0 spiro atoms. The number of carboxylic acid groups (broad SMARTS) is 1. The summed E-state index contributed by atoms with van der Waals surface area (Å²) in [7, 11) is 0. The normalized spacial score (nSPS) is 11.4. The van der Waals surface area contributed by atoms with Gasteiger partial charge in [0.15, 0.2) is 0 Å². The van der Waals surface area contributed by atoms with Gasteiger partial charge in [0.25, 0.3) is 0 Å². The quantitative estimate of drug-likeness (QED) is 0.116. The Morgan fingerprint density at radius 1 is 0.949 bits per heavy atom. The largest absolute Gasteiger partial charge is 0.494 e. The van der Waals surface area contributed by atoms with E-state index in [1.807, 2.05) is 0 Å². The predicted molar refractivity (Wildman–Crippen MR) is 139 cm³/mol. The maximum Gasteiger partial charge on any atom is 0.426 e. The highest BCUT2D eigenvalue weighted by molar-refractivity contribution is 5.92. The molecule has 0 radical (unpaired) electrons. The highest BCUT2D eigenvalue weighted by atomic mass is 19.3. The van der Waals surface area contributed by atoms with Gasteiger partial charge in [-0.05, 0) is 65.7 Å². The number of nitrogen functional groups attached to an aromatic ring is 2. The molecule has 3 aromatic rings. The van der Waals surface area contributed by atoms with Gasteiger partial charge in [0.1, 0.15) is 11.5 Å². The van der Waals surface area contributed by atoms with Crippen LogP contribution in [0, 0.1) is 0 Å². The minimum absolute atomic E-state index is 0.0665. The number of nitrogens with two attached hydrogens (primary N) is 2. The SMILES string of the molecule is Nc1cc(N)c(CCOC(=O)C=Cc2ccc(OC(F)(F)c3ccc(OCCCF)cc3)cc2)c(C(=O)O)c1. The molecule has 0 amide bonds. The first-order valence-electron chi connectivity index (χ1n) is 11.8. The standard InChI is InChI=1S/C28H27F3N2O6/c29-13-1-14-37-21-9-5-19(6-10-21)28(30,31)39-22-7-2-18(3-8-22)4-11-26(34)38-15-12-23-24(27(35)36)16-20(32)17-25(23)33/h2-11,16-17H,1,12-15,32-33H2,(H,35,36). The lowest BCUT2D eigenvalue weighted by Gasteiger charge is -2.18. The molecule has 0 aromatic heterocycles. The lowest BCUT2D eigenvalue weighted by atomic mass is 10.0. The average molecular weight is 545 g/mol. The van der Waals surface area contributed by atoms with Gasteiger partial charge in [-0.25, -0.2) is 9.59 Å². The topological polar surface area (TPSA) is 134 Å². The van der Waals surface area contributed by atoms with Gasteiger partial charge in [-0.3, -0.25) is 4.39 Å². The van der Waals surface area contributed by atoms with Crippen molar-refractivity contribution in [2.45, 2.75) is 19.0 Å². The van der Waals surface area contributed by atoms with E-state index in [2.05, 4.69) is 0 Å². The van der Waals surface area contributed by atoms with Crippen molar-refractivity contribution in [3.05, 3.63) is 89.0 Å². The fourth-order valence-electron chi connectivity index (χ4n) is 3.50. The summed E-state index contributed by atoms with van der Waals surface area (Å²) in [5.74, 6) is -1.64. The number of anilines is 2. The van der Waals surface area contributed by atoms with Crippen molar-refractivity contribution in [2.75, 3.05) is 31.4 Å². The minimum Gasteiger partial charge on any atom is -0.494 e. The van der Waals surface area contributed by atoms with Crippen molar-refractivity contribution in [1.82, 2.24) is 0 Å². The number of ether oxygens (including phenoxy) is 3. The fraction of sp³-hybridized carbons (Fsp3) is 0.214. The van der Waals surface area contributed by atoms with Crippen molar-refractivity contribution < 1.29 is 42.1 Å². The van der Waals surface area contributed by atoms with Gasteiger partial charge < -0.3 is 30.8 Å². The average Bonchev–Trinajstić information content (AvgIpc) is 2.89. The van der Waals surface area contributed by atoms with Crippen molar-refractivity contribution in [2.24, 2.45) is 0 Å². The van der Waals surface area contributed by atoms with E-state index in [0.717, 1.165) is 18.2 Å². The third-order valence-corrected chi connectivity index (χ3v) is 5.41. The third kappa shape index (κ3) is 8.42. The maximum atomic E-state index is 14.6. The number of benzene rings is 3. The van der Waals surface area contributed by atoms with Crippen molar-refractivity contribution in [3.63, 3.8) is 0 Å². The molecule has 0 unspecified atom stereocenters. The van der Waals surface area contributed by atoms with Crippen LogP contribution in [0.3, 0.4) is 0 Å². The van der Waals surface area contributed by atoms with E-state index in [1.54, 1.807) is 0 Å². The van der Waals surface area contributed by atoms with Crippen LogP contribution in [0.15, 0.2) is 66.7 Å². The Labute approximate surface area is 222 Å². The number of halogens is 3. The molecule has 8 nitrogen and oxygen atoms in total. The van der Waals surface area contributed by atoms with E-state index < -0.39 is 24.7 Å². The number of carboxylic acids is 1. The van der Waals surface area contributed by atoms with Crippen molar-refractivity contribution in [3.8, 4) is 11.5 Å². The molecule has 206 valence electrons. The number of alkyl halides is 3. The molecule has 3 rings (SSSR count). The summed E-state index contributed by atoms with van der Waals surface area (Å²) in [6.07, 6.45) is -0.767. The molecule has 3 aromatic carbocycles. The molecule has 0 aliphatic heterocycles. The zero-order valence-electron chi connectivity index (χ0n) is 20.7. The van der Waals surface area contributed by atoms with Gasteiger partial charge in [0.05, 0.1) is 31.0 Å². The summed E-state index contributed by atoms with van der Waals surface area (Å²) in [6.45, 7) is -0.501. The molecule has 0 bridgehead atoms. The fourth-order valence-corrected chi connectivity index (χ4v) is 3.50. The first kappa shape index (κ1) is 28.9. The van der Waals surface area contributed by atoms with Gasteiger partial charge in [0, 0.05) is 30.3 Å². The van der Waals surface area contributed by atoms with E-state index in [9.17, 15) is 27.9 Å². The van der Waals surface area contributed by atoms with Crippen LogP contribution in [-0.2, 0) is 22.1 Å². The highest BCUT2D eigenvalue weighted by Gasteiger charge is 2.34. The summed E-state index contributed by atoms with van der Waals surface area (Å²) >= 11 is 0. The number of aromatic carboxylic acids is 1. The summed E-state index contributed by atoms with van der Waals surface area (Å²) < 4.78 is 56.5. The van der Waals surface area contributed by atoms with Crippen molar-refractivity contribution >= 4 is 29.4 Å². The number of esters is 1. The van der Waals surface area contributed by atoms with Gasteiger partial charge in [0.2, 0.25) is 0 Å². The number of hydrogen-bond donors (Lipinski definition) is 3. The van der Waals surface area contributed by atoms with E-state index in [1.165, 1.54) is 54.6 Å².